The van der Waals surface area contributed by atoms with Gasteiger partial charge >= 0.3 is 11.9 Å². The highest BCUT2D eigenvalue weighted by molar-refractivity contribution is 6.11. The van der Waals surface area contributed by atoms with E-state index >= 15 is 0 Å². The molecule has 0 spiro atoms. The quantitative estimate of drug-likeness (QED) is 0.794. The van der Waals surface area contributed by atoms with Crippen molar-refractivity contribution in [2.24, 2.45) is 0 Å². The molecule has 0 fully saturated rings. The number of benzene rings is 2. The number of carboxylic acid groups (broad SMARTS) is 2. The molecule has 114 valence electrons. The Kier molecular flexibility index (Phi) is 4.38. The molecule has 1 amide bonds. The molecule has 0 heterocycles. The van der Waals surface area contributed by atoms with Crippen molar-refractivity contribution in [2.75, 3.05) is 5.32 Å². The number of amides is 1. The normalized spacial score (nSPS) is 9.70. The third kappa shape index (κ3) is 3.33. The van der Waals surface area contributed by atoms with Crippen LogP contribution in [0.25, 0.3) is 0 Å². The maximum absolute atomic E-state index is 12.1. The fourth-order valence-corrected chi connectivity index (χ4v) is 1.96. The van der Waals surface area contributed by atoms with Gasteiger partial charge in [-0.3, -0.25) is 4.79 Å². The molecule has 7 nitrogen and oxygen atoms in total. The van der Waals surface area contributed by atoms with Gasteiger partial charge in [-0.2, -0.15) is 5.26 Å². The average molecular weight is 310 g/mol. The zero-order chi connectivity index (χ0) is 17.0. The summed E-state index contributed by atoms with van der Waals surface area (Å²) in [4.78, 5) is 34.5. The van der Waals surface area contributed by atoms with Crippen LogP contribution >= 0.6 is 0 Å². The summed E-state index contributed by atoms with van der Waals surface area (Å²) in [5, 5.41) is 29.3. The summed E-state index contributed by atoms with van der Waals surface area (Å²) >= 11 is 0. The Morgan fingerprint density at radius 3 is 2.13 bits per heavy atom. The number of carboxylic acids is 2. The monoisotopic (exact) mass is 310 g/mol. The lowest BCUT2D eigenvalue weighted by Gasteiger charge is -2.10. The molecule has 0 aliphatic heterocycles. The highest BCUT2D eigenvalue weighted by Gasteiger charge is 2.21. The summed E-state index contributed by atoms with van der Waals surface area (Å²) in [6, 6.07) is 11.4. The minimum Gasteiger partial charge on any atom is -0.478 e. The van der Waals surface area contributed by atoms with Crippen LogP contribution in [0, 0.1) is 11.3 Å². The van der Waals surface area contributed by atoms with Crippen LogP contribution in [-0.4, -0.2) is 28.1 Å². The Hall–Kier alpha value is -3.66. The van der Waals surface area contributed by atoms with Gasteiger partial charge in [0.05, 0.1) is 28.4 Å². The summed E-state index contributed by atoms with van der Waals surface area (Å²) in [7, 11) is 0. The number of carbonyl (C=O) groups is 3. The Morgan fingerprint density at radius 2 is 1.61 bits per heavy atom. The largest absolute Gasteiger partial charge is 0.478 e. The molecule has 0 atom stereocenters. The van der Waals surface area contributed by atoms with Gasteiger partial charge in [-0.25, -0.2) is 9.59 Å². The van der Waals surface area contributed by atoms with Gasteiger partial charge in [0.1, 0.15) is 0 Å². The molecule has 7 heteroatoms. The second-order valence-corrected chi connectivity index (χ2v) is 4.48. The third-order valence-electron chi connectivity index (χ3n) is 3.03. The first-order chi connectivity index (χ1) is 10.9. The summed E-state index contributed by atoms with van der Waals surface area (Å²) in [5.74, 6) is -3.48. The Balaban J connectivity index is 2.37. The molecule has 0 saturated heterocycles. The Morgan fingerprint density at radius 1 is 0.957 bits per heavy atom. The first-order valence-electron chi connectivity index (χ1n) is 6.35. The van der Waals surface area contributed by atoms with Crippen molar-refractivity contribution in [2.45, 2.75) is 0 Å². The molecule has 0 saturated carbocycles. The first kappa shape index (κ1) is 15.7. The van der Waals surface area contributed by atoms with Crippen molar-refractivity contribution in [3.05, 3.63) is 64.7 Å². The van der Waals surface area contributed by atoms with E-state index in [4.69, 9.17) is 10.4 Å². The van der Waals surface area contributed by atoms with Gasteiger partial charge in [-0.1, -0.05) is 6.07 Å². The minimum atomic E-state index is -1.46. The van der Waals surface area contributed by atoms with Crippen molar-refractivity contribution >= 4 is 23.5 Å². The van der Waals surface area contributed by atoms with Gasteiger partial charge in [-0.15, -0.1) is 0 Å². The molecule has 0 aliphatic carbocycles. The number of rotatable bonds is 4. The van der Waals surface area contributed by atoms with Crippen molar-refractivity contribution in [1.29, 1.82) is 5.26 Å². The Labute approximate surface area is 130 Å². The second kappa shape index (κ2) is 6.41. The third-order valence-corrected chi connectivity index (χ3v) is 3.03. The SMILES string of the molecule is N#Cc1ccc(C(=O)Nc2cccc(C(=O)O)c2C(=O)O)cc1. The summed E-state index contributed by atoms with van der Waals surface area (Å²) in [5.41, 5.74) is -0.453. The molecule has 2 aromatic carbocycles. The van der Waals surface area contributed by atoms with Crippen LogP contribution < -0.4 is 5.32 Å². The number of nitrogens with zero attached hydrogens (tertiary/aromatic N) is 1. The predicted molar refractivity (Wildman–Crippen MR) is 79.5 cm³/mol. The van der Waals surface area contributed by atoms with Crippen LogP contribution in [0.2, 0.25) is 0 Å². The maximum atomic E-state index is 12.1. The molecule has 2 aromatic rings. The Bertz CT molecular complexity index is 835. The van der Waals surface area contributed by atoms with Gasteiger partial charge < -0.3 is 15.5 Å². The molecule has 0 aromatic heterocycles. The maximum Gasteiger partial charge on any atom is 0.338 e. The zero-order valence-corrected chi connectivity index (χ0v) is 11.6. The van der Waals surface area contributed by atoms with Crippen LogP contribution in [0.5, 0.6) is 0 Å². The van der Waals surface area contributed by atoms with E-state index in [2.05, 4.69) is 5.32 Å². The summed E-state index contributed by atoms with van der Waals surface area (Å²) in [6.45, 7) is 0. The van der Waals surface area contributed by atoms with Gasteiger partial charge in [0.15, 0.2) is 0 Å². The molecule has 0 aliphatic rings. The van der Waals surface area contributed by atoms with E-state index in [0.717, 1.165) is 6.07 Å². The first-order valence-corrected chi connectivity index (χ1v) is 6.35. The van der Waals surface area contributed by atoms with Crippen molar-refractivity contribution < 1.29 is 24.6 Å². The number of hydrogen-bond acceptors (Lipinski definition) is 4. The lowest BCUT2D eigenvalue weighted by Crippen LogP contribution is -2.17. The van der Waals surface area contributed by atoms with E-state index in [1.807, 2.05) is 6.07 Å². The minimum absolute atomic E-state index is 0.119. The lowest BCUT2D eigenvalue weighted by molar-refractivity contribution is 0.0652. The van der Waals surface area contributed by atoms with Crippen molar-refractivity contribution in [1.82, 2.24) is 0 Å². The number of nitrogens with one attached hydrogen (secondary N) is 1. The van der Waals surface area contributed by atoms with Crippen LogP contribution in [0.4, 0.5) is 5.69 Å². The number of aromatic carboxylic acids is 2. The highest BCUT2D eigenvalue weighted by Crippen LogP contribution is 2.21. The molecule has 0 unspecified atom stereocenters. The van der Waals surface area contributed by atoms with E-state index < -0.39 is 29.0 Å². The number of carbonyl (C=O) groups excluding carboxylic acids is 1. The van der Waals surface area contributed by atoms with Crippen LogP contribution in [0.1, 0.15) is 36.6 Å². The van der Waals surface area contributed by atoms with Crippen molar-refractivity contribution in [3.63, 3.8) is 0 Å². The van der Waals surface area contributed by atoms with Crippen molar-refractivity contribution in [3.8, 4) is 6.07 Å². The van der Waals surface area contributed by atoms with Crippen LogP contribution in [0.3, 0.4) is 0 Å². The van der Waals surface area contributed by atoms with E-state index in [1.54, 1.807) is 0 Å². The van der Waals surface area contributed by atoms with E-state index in [9.17, 15) is 19.5 Å². The topological polar surface area (TPSA) is 127 Å². The van der Waals surface area contributed by atoms with E-state index in [-0.39, 0.29) is 11.3 Å². The molecule has 0 bridgehead atoms. The molecular weight excluding hydrogens is 300 g/mol. The smallest absolute Gasteiger partial charge is 0.338 e. The fraction of sp³-hybridized carbons (Fsp3) is 0. The molecular formula is C16H10N2O5. The summed E-state index contributed by atoms with van der Waals surface area (Å²) in [6.07, 6.45) is 0. The van der Waals surface area contributed by atoms with Gasteiger partial charge in [0, 0.05) is 5.56 Å². The average Bonchev–Trinajstić information content (AvgIpc) is 2.54. The molecule has 0 radical (unpaired) electrons. The van der Waals surface area contributed by atoms with Crippen LogP contribution in [0.15, 0.2) is 42.5 Å². The van der Waals surface area contributed by atoms with Crippen LogP contribution in [-0.2, 0) is 0 Å². The second-order valence-electron chi connectivity index (χ2n) is 4.48. The number of hydrogen-bond donors (Lipinski definition) is 3. The van der Waals surface area contributed by atoms with Gasteiger partial charge in [-0.05, 0) is 36.4 Å². The van der Waals surface area contributed by atoms with E-state index in [0.29, 0.717) is 5.56 Å². The summed E-state index contributed by atoms with van der Waals surface area (Å²) < 4.78 is 0. The number of nitriles is 1. The zero-order valence-electron chi connectivity index (χ0n) is 11.6. The molecule has 23 heavy (non-hydrogen) atoms. The molecule has 3 N–H and O–H groups in total. The van der Waals surface area contributed by atoms with E-state index in [1.165, 1.54) is 36.4 Å². The van der Waals surface area contributed by atoms with Gasteiger partial charge in [0.2, 0.25) is 0 Å². The standard InChI is InChI=1S/C16H10N2O5/c17-8-9-4-6-10(7-5-9)14(19)18-12-3-1-2-11(15(20)21)13(12)16(22)23/h1-7H,(H,18,19)(H,20,21)(H,22,23). The highest BCUT2D eigenvalue weighted by atomic mass is 16.4. The lowest BCUT2D eigenvalue weighted by atomic mass is 10.0. The molecule has 2 rings (SSSR count). The fourth-order valence-electron chi connectivity index (χ4n) is 1.96. The predicted octanol–water partition coefficient (Wildman–Crippen LogP) is 2.21. The number of anilines is 1. The van der Waals surface area contributed by atoms with Gasteiger partial charge in [0.25, 0.3) is 5.91 Å².